The van der Waals surface area contributed by atoms with E-state index in [1.54, 1.807) is 7.11 Å². The molecule has 1 heterocycles. The second-order valence-electron chi connectivity index (χ2n) is 6.10. The highest BCUT2D eigenvalue weighted by molar-refractivity contribution is 7.15. The summed E-state index contributed by atoms with van der Waals surface area (Å²) in [5, 5.41) is 12.5. The van der Waals surface area contributed by atoms with Crippen molar-refractivity contribution in [2.24, 2.45) is 0 Å². The lowest BCUT2D eigenvalue weighted by Crippen LogP contribution is -2.12. The molecule has 6 heteroatoms. The van der Waals surface area contributed by atoms with E-state index in [9.17, 15) is 4.79 Å². The van der Waals surface area contributed by atoms with Crippen molar-refractivity contribution < 1.29 is 9.53 Å². The van der Waals surface area contributed by atoms with Crippen molar-refractivity contribution in [1.82, 2.24) is 10.2 Å². The predicted molar refractivity (Wildman–Crippen MR) is 104 cm³/mol. The summed E-state index contributed by atoms with van der Waals surface area (Å²) in [5.41, 5.74) is 4.10. The van der Waals surface area contributed by atoms with E-state index < -0.39 is 0 Å². The Hall–Kier alpha value is -2.73. The van der Waals surface area contributed by atoms with Gasteiger partial charge in [-0.1, -0.05) is 29.5 Å². The molecule has 5 nitrogen and oxygen atoms in total. The Bertz CT molecular complexity index is 904. The standard InChI is InChI=1S/C20H21N3O2S/c1-13-4-8-16(12-14(13)2)19(24)21-20-23-22-18(26-20)11-7-15-5-9-17(25-3)10-6-15/h4-6,8-10,12H,7,11H2,1-3H3,(H,21,23,24). The summed E-state index contributed by atoms with van der Waals surface area (Å²) < 4.78 is 5.16. The third-order valence-corrected chi connectivity index (χ3v) is 5.14. The molecule has 0 bridgehead atoms. The molecular formula is C20H21N3O2S. The fourth-order valence-electron chi connectivity index (χ4n) is 2.50. The monoisotopic (exact) mass is 367 g/mol. The van der Waals surface area contributed by atoms with E-state index in [1.165, 1.54) is 22.5 Å². The number of nitrogens with one attached hydrogen (secondary N) is 1. The lowest BCUT2D eigenvalue weighted by atomic mass is 10.1. The quantitative estimate of drug-likeness (QED) is 0.709. The minimum Gasteiger partial charge on any atom is -0.497 e. The minimum absolute atomic E-state index is 0.161. The van der Waals surface area contributed by atoms with Crippen LogP contribution in [0.3, 0.4) is 0 Å². The number of hydrogen-bond donors (Lipinski definition) is 1. The summed E-state index contributed by atoms with van der Waals surface area (Å²) in [7, 11) is 1.66. The number of aryl methyl sites for hydroxylation is 4. The van der Waals surface area contributed by atoms with Crippen LogP contribution in [-0.2, 0) is 12.8 Å². The number of benzene rings is 2. The Labute approximate surface area is 157 Å². The molecule has 0 aliphatic carbocycles. The number of amides is 1. The van der Waals surface area contributed by atoms with Crippen LogP contribution in [0.15, 0.2) is 42.5 Å². The maximum Gasteiger partial charge on any atom is 0.257 e. The fourth-order valence-corrected chi connectivity index (χ4v) is 3.23. The van der Waals surface area contributed by atoms with Crippen LogP contribution >= 0.6 is 11.3 Å². The summed E-state index contributed by atoms with van der Waals surface area (Å²) in [6.45, 7) is 4.02. The van der Waals surface area contributed by atoms with Crippen molar-refractivity contribution in [1.29, 1.82) is 0 Å². The summed E-state index contributed by atoms with van der Waals surface area (Å²) in [4.78, 5) is 12.3. The fraction of sp³-hybridized carbons (Fsp3) is 0.250. The van der Waals surface area contributed by atoms with Crippen molar-refractivity contribution in [2.45, 2.75) is 26.7 Å². The van der Waals surface area contributed by atoms with Gasteiger partial charge in [0.25, 0.3) is 5.91 Å². The van der Waals surface area contributed by atoms with Gasteiger partial charge in [-0.05, 0) is 61.2 Å². The molecule has 3 aromatic rings. The van der Waals surface area contributed by atoms with Crippen LogP contribution in [0.4, 0.5) is 5.13 Å². The van der Waals surface area contributed by atoms with E-state index in [0.29, 0.717) is 10.7 Å². The predicted octanol–water partition coefficient (Wildman–Crippen LogP) is 4.20. The van der Waals surface area contributed by atoms with Crippen molar-refractivity contribution in [3.63, 3.8) is 0 Å². The largest absolute Gasteiger partial charge is 0.497 e. The first-order valence-corrected chi connectivity index (χ1v) is 9.20. The zero-order chi connectivity index (χ0) is 18.5. The molecule has 1 N–H and O–H groups in total. The molecule has 0 aliphatic rings. The molecule has 0 saturated heterocycles. The normalized spacial score (nSPS) is 10.6. The van der Waals surface area contributed by atoms with Gasteiger partial charge in [-0.25, -0.2) is 0 Å². The zero-order valence-electron chi connectivity index (χ0n) is 15.1. The van der Waals surface area contributed by atoms with E-state index in [4.69, 9.17) is 4.74 Å². The molecule has 0 saturated carbocycles. The highest BCUT2D eigenvalue weighted by Gasteiger charge is 2.11. The van der Waals surface area contributed by atoms with Crippen molar-refractivity contribution in [2.75, 3.05) is 12.4 Å². The van der Waals surface area contributed by atoms with Crippen molar-refractivity contribution in [3.8, 4) is 5.75 Å². The SMILES string of the molecule is COc1ccc(CCc2nnc(NC(=O)c3ccc(C)c(C)c3)s2)cc1. The molecule has 0 aliphatic heterocycles. The Morgan fingerprint density at radius 1 is 1.04 bits per heavy atom. The zero-order valence-corrected chi connectivity index (χ0v) is 15.9. The second kappa shape index (κ2) is 8.10. The van der Waals surface area contributed by atoms with Gasteiger partial charge in [-0.3, -0.25) is 10.1 Å². The van der Waals surface area contributed by atoms with Gasteiger partial charge < -0.3 is 4.74 Å². The molecule has 2 aromatic carbocycles. The summed E-state index contributed by atoms with van der Waals surface area (Å²) >= 11 is 1.41. The van der Waals surface area contributed by atoms with Crippen LogP contribution in [0.5, 0.6) is 5.75 Å². The molecule has 0 fully saturated rings. The molecule has 0 radical (unpaired) electrons. The number of ether oxygens (including phenoxy) is 1. The van der Waals surface area contributed by atoms with Gasteiger partial charge in [-0.15, -0.1) is 10.2 Å². The van der Waals surface area contributed by atoms with Gasteiger partial charge in [0.2, 0.25) is 5.13 Å². The number of carbonyl (C=O) groups excluding carboxylic acids is 1. The molecule has 0 unspecified atom stereocenters. The first kappa shape index (κ1) is 18.1. The highest BCUT2D eigenvalue weighted by atomic mass is 32.1. The van der Waals surface area contributed by atoms with Crippen molar-refractivity contribution in [3.05, 3.63) is 69.7 Å². The maximum absolute atomic E-state index is 12.3. The summed E-state index contributed by atoms with van der Waals surface area (Å²) in [5.74, 6) is 0.687. The maximum atomic E-state index is 12.3. The Kier molecular flexibility index (Phi) is 5.63. The second-order valence-corrected chi connectivity index (χ2v) is 7.16. The molecule has 134 valence electrons. The molecule has 1 aromatic heterocycles. The van der Waals surface area contributed by atoms with Crippen LogP contribution in [0.1, 0.15) is 32.1 Å². The van der Waals surface area contributed by atoms with Gasteiger partial charge in [0.05, 0.1) is 7.11 Å². The van der Waals surface area contributed by atoms with Gasteiger partial charge in [0.15, 0.2) is 0 Å². The van der Waals surface area contributed by atoms with E-state index in [0.717, 1.165) is 29.2 Å². The molecular weight excluding hydrogens is 346 g/mol. The lowest BCUT2D eigenvalue weighted by Gasteiger charge is -2.04. The first-order chi connectivity index (χ1) is 12.5. The third kappa shape index (κ3) is 4.46. The molecule has 0 spiro atoms. The summed E-state index contributed by atoms with van der Waals surface area (Å²) in [6, 6.07) is 13.6. The van der Waals surface area contributed by atoms with E-state index >= 15 is 0 Å². The number of hydrogen-bond acceptors (Lipinski definition) is 5. The van der Waals surface area contributed by atoms with Crippen LogP contribution < -0.4 is 10.1 Å². The average molecular weight is 367 g/mol. The number of methoxy groups -OCH3 is 1. The van der Waals surface area contributed by atoms with Crippen LogP contribution in [-0.4, -0.2) is 23.2 Å². The van der Waals surface area contributed by atoms with Gasteiger partial charge >= 0.3 is 0 Å². The van der Waals surface area contributed by atoms with E-state index in [2.05, 4.69) is 15.5 Å². The average Bonchev–Trinajstić information content (AvgIpc) is 3.10. The topological polar surface area (TPSA) is 64.1 Å². The number of anilines is 1. The van der Waals surface area contributed by atoms with Gasteiger partial charge in [-0.2, -0.15) is 0 Å². The summed E-state index contributed by atoms with van der Waals surface area (Å²) in [6.07, 6.45) is 1.65. The smallest absolute Gasteiger partial charge is 0.257 e. The van der Waals surface area contributed by atoms with Crippen LogP contribution in [0.2, 0.25) is 0 Å². The molecule has 26 heavy (non-hydrogen) atoms. The molecule has 0 atom stereocenters. The van der Waals surface area contributed by atoms with E-state index in [-0.39, 0.29) is 5.91 Å². The number of aromatic nitrogens is 2. The Balaban J connectivity index is 1.58. The van der Waals surface area contributed by atoms with Crippen molar-refractivity contribution >= 4 is 22.4 Å². The molecule has 1 amide bonds. The Morgan fingerprint density at radius 2 is 1.81 bits per heavy atom. The van der Waals surface area contributed by atoms with Gasteiger partial charge in [0, 0.05) is 12.0 Å². The first-order valence-electron chi connectivity index (χ1n) is 8.39. The lowest BCUT2D eigenvalue weighted by molar-refractivity contribution is 0.102. The third-order valence-electron chi connectivity index (χ3n) is 4.24. The van der Waals surface area contributed by atoms with Crippen LogP contribution in [0.25, 0.3) is 0 Å². The minimum atomic E-state index is -0.161. The van der Waals surface area contributed by atoms with E-state index in [1.807, 2.05) is 56.3 Å². The Morgan fingerprint density at radius 3 is 2.50 bits per heavy atom. The highest BCUT2D eigenvalue weighted by Crippen LogP contribution is 2.19. The number of carbonyl (C=O) groups is 1. The molecule has 3 rings (SSSR count). The number of rotatable bonds is 6. The van der Waals surface area contributed by atoms with Crippen LogP contribution in [0, 0.1) is 13.8 Å². The number of nitrogens with zero attached hydrogens (tertiary/aromatic N) is 2. The van der Waals surface area contributed by atoms with Gasteiger partial charge in [0.1, 0.15) is 10.8 Å².